The highest BCUT2D eigenvalue weighted by molar-refractivity contribution is 7.67. The van der Waals surface area contributed by atoms with Gasteiger partial charge in [0.2, 0.25) is 0 Å². The van der Waals surface area contributed by atoms with E-state index in [1.807, 2.05) is 0 Å². The molecule has 18 heavy (non-hydrogen) atoms. The highest BCUT2D eigenvalue weighted by Gasteiger charge is 2.08. The summed E-state index contributed by atoms with van der Waals surface area (Å²) in [5.41, 5.74) is 6.64. The lowest BCUT2D eigenvalue weighted by Crippen LogP contribution is -2.16. The van der Waals surface area contributed by atoms with Crippen molar-refractivity contribution in [1.29, 1.82) is 0 Å². The molecule has 0 saturated carbocycles. The van der Waals surface area contributed by atoms with Gasteiger partial charge in [-0.05, 0) is 18.2 Å². The molecule has 0 aliphatic carbocycles. The number of anilines is 1. The van der Waals surface area contributed by atoms with E-state index >= 15 is 0 Å². The number of hydrogen-bond acceptors (Lipinski definition) is 5. The molecular formula is C10H11N3O4S. The van der Waals surface area contributed by atoms with E-state index in [9.17, 15) is 13.2 Å². The molecule has 3 N–H and O–H groups in total. The number of primary amides is 1. The van der Waals surface area contributed by atoms with Gasteiger partial charge in [-0.1, -0.05) is 6.07 Å². The van der Waals surface area contributed by atoms with Gasteiger partial charge in [0.1, 0.15) is 5.69 Å². The van der Waals surface area contributed by atoms with Crippen molar-refractivity contribution in [2.75, 3.05) is 12.1 Å². The molecule has 0 spiro atoms. The first-order valence-corrected chi connectivity index (χ1v) is 6.05. The van der Waals surface area contributed by atoms with E-state index in [2.05, 4.69) is 9.27 Å². The van der Waals surface area contributed by atoms with Crippen LogP contribution in [0.1, 0.15) is 10.5 Å². The van der Waals surface area contributed by atoms with Crippen LogP contribution in [-0.4, -0.2) is 26.4 Å². The molecule has 0 fully saturated rings. The third-order valence-corrected chi connectivity index (χ3v) is 2.80. The maximum Gasteiger partial charge on any atom is 0.277 e. The number of aromatic amines is 1. The number of rotatable bonds is 4. The van der Waals surface area contributed by atoms with E-state index in [0.29, 0.717) is 16.9 Å². The first kappa shape index (κ1) is 12.4. The van der Waals surface area contributed by atoms with E-state index in [1.165, 1.54) is 7.05 Å². The highest BCUT2D eigenvalue weighted by Crippen LogP contribution is 2.22. The molecule has 0 radical (unpaired) electrons. The Bertz CT molecular complexity index is 669. The molecule has 1 heterocycles. The fourth-order valence-electron chi connectivity index (χ4n) is 1.59. The summed E-state index contributed by atoms with van der Waals surface area (Å²) in [5, 5.41) is 1.91. The van der Waals surface area contributed by atoms with Gasteiger partial charge in [-0.15, -0.1) is 0 Å². The Labute approximate surface area is 104 Å². The van der Waals surface area contributed by atoms with Crippen LogP contribution >= 0.6 is 0 Å². The minimum atomic E-state index is -2.97. The SMILES string of the molecule is CN(O[SH](=O)=O)c1ccc2cc(C(N)=O)[nH]c2c1. The summed E-state index contributed by atoms with van der Waals surface area (Å²) in [7, 11) is -1.51. The summed E-state index contributed by atoms with van der Waals surface area (Å²) in [6, 6.07) is 6.67. The molecular weight excluding hydrogens is 258 g/mol. The van der Waals surface area contributed by atoms with Crippen LogP contribution < -0.4 is 10.8 Å². The number of carbonyl (C=O) groups excluding carboxylic acids is 1. The maximum absolute atomic E-state index is 11.0. The Balaban J connectivity index is 2.40. The number of fused-ring (bicyclic) bond motifs is 1. The third kappa shape index (κ3) is 2.44. The van der Waals surface area contributed by atoms with Gasteiger partial charge in [-0.3, -0.25) is 4.79 Å². The van der Waals surface area contributed by atoms with E-state index in [4.69, 9.17) is 5.73 Å². The topological polar surface area (TPSA) is 105 Å². The first-order valence-electron chi connectivity index (χ1n) is 4.96. The predicted octanol–water partition coefficient (Wildman–Crippen LogP) is 0.161. The molecule has 2 rings (SSSR count). The second kappa shape index (κ2) is 4.67. The van der Waals surface area contributed by atoms with Crippen molar-refractivity contribution in [3.05, 3.63) is 30.0 Å². The van der Waals surface area contributed by atoms with Crippen molar-refractivity contribution in [3.8, 4) is 0 Å². The van der Waals surface area contributed by atoms with Crippen molar-refractivity contribution in [2.24, 2.45) is 5.73 Å². The number of H-pyrrole nitrogens is 1. The number of carbonyl (C=O) groups is 1. The van der Waals surface area contributed by atoms with Gasteiger partial charge in [0.25, 0.3) is 16.9 Å². The van der Waals surface area contributed by atoms with E-state index < -0.39 is 16.9 Å². The van der Waals surface area contributed by atoms with Crippen LogP contribution in [0.15, 0.2) is 24.3 Å². The summed E-state index contributed by atoms with van der Waals surface area (Å²) in [6.07, 6.45) is 0. The van der Waals surface area contributed by atoms with Crippen LogP contribution in [0.25, 0.3) is 10.9 Å². The summed E-state index contributed by atoms with van der Waals surface area (Å²) in [5.74, 6) is -0.556. The van der Waals surface area contributed by atoms with Crippen molar-refractivity contribution in [2.45, 2.75) is 0 Å². The van der Waals surface area contributed by atoms with E-state index in [1.54, 1.807) is 24.3 Å². The number of hydroxylamine groups is 1. The Morgan fingerprint density at radius 2 is 2.11 bits per heavy atom. The second-order valence-electron chi connectivity index (χ2n) is 3.62. The molecule has 0 aliphatic rings. The van der Waals surface area contributed by atoms with Crippen molar-refractivity contribution >= 4 is 33.5 Å². The summed E-state index contributed by atoms with van der Waals surface area (Å²) in [4.78, 5) is 13.8. The van der Waals surface area contributed by atoms with Crippen molar-refractivity contribution in [3.63, 3.8) is 0 Å². The lowest BCUT2D eigenvalue weighted by Gasteiger charge is -2.13. The Hall–Kier alpha value is -2.06. The number of benzene rings is 1. The van der Waals surface area contributed by atoms with Gasteiger partial charge in [-0.25, -0.2) is 13.5 Å². The summed E-state index contributed by atoms with van der Waals surface area (Å²) < 4.78 is 25.4. The molecule has 96 valence electrons. The fourth-order valence-corrected chi connectivity index (χ4v) is 1.89. The standard InChI is InChI=1S/C10H11N3O4S/c1-13(17-18(15)16)7-3-2-6-4-9(10(11)14)12-8(6)5-7/h2-5,12,18H,1H3,(H2,11,14). The number of nitrogens with one attached hydrogen (secondary N) is 1. The second-order valence-corrected chi connectivity index (χ2v) is 4.23. The number of nitrogens with zero attached hydrogens (tertiary/aromatic N) is 1. The average Bonchev–Trinajstić information content (AvgIpc) is 2.70. The molecule has 0 aliphatic heterocycles. The normalized spacial score (nSPS) is 11.0. The number of nitrogens with two attached hydrogens (primary N) is 1. The van der Waals surface area contributed by atoms with Gasteiger partial charge < -0.3 is 10.7 Å². The van der Waals surface area contributed by atoms with E-state index in [0.717, 1.165) is 10.4 Å². The van der Waals surface area contributed by atoms with Crippen LogP contribution in [0, 0.1) is 0 Å². The molecule has 0 bridgehead atoms. The summed E-state index contributed by atoms with van der Waals surface area (Å²) >= 11 is 0. The Morgan fingerprint density at radius 3 is 2.72 bits per heavy atom. The Morgan fingerprint density at radius 1 is 1.39 bits per heavy atom. The monoisotopic (exact) mass is 269 g/mol. The molecule has 1 amide bonds. The average molecular weight is 269 g/mol. The summed E-state index contributed by atoms with van der Waals surface area (Å²) in [6.45, 7) is 0. The third-order valence-electron chi connectivity index (χ3n) is 2.42. The minimum absolute atomic E-state index is 0.292. The lowest BCUT2D eigenvalue weighted by molar-refractivity contribution is 0.0996. The zero-order chi connectivity index (χ0) is 13.3. The van der Waals surface area contributed by atoms with Crippen LogP contribution in [0.5, 0.6) is 0 Å². The van der Waals surface area contributed by atoms with Crippen LogP contribution in [0.4, 0.5) is 5.69 Å². The quantitative estimate of drug-likeness (QED) is 0.541. The first-order chi connectivity index (χ1) is 8.47. The molecule has 0 unspecified atom stereocenters. The van der Waals surface area contributed by atoms with Crippen LogP contribution in [-0.2, 0) is 15.3 Å². The highest BCUT2D eigenvalue weighted by atomic mass is 32.2. The number of amides is 1. The molecule has 2 aromatic rings. The predicted molar refractivity (Wildman–Crippen MR) is 66.6 cm³/mol. The Kier molecular flexibility index (Phi) is 3.21. The minimum Gasteiger partial charge on any atom is -0.364 e. The van der Waals surface area contributed by atoms with Crippen LogP contribution in [0.2, 0.25) is 0 Å². The zero-order valence-corrected chi connectivity index (χ0v) is 10.3. The smallest absolute Gasteiger partial charge is 0.277 e. The zero-order valence-electron chi connectivity index (χ0n) is 9.41. The van der Waals surface area contributed by atoms with Gasteiger partial charge in [0.15, 0.2) is 0 Å². The molecule has 0 atom stereocenters. The number of hydrogen-bond donors (Lipinski definition) is 3. The molecule has 7 nitrogen and oxygen atoms in total. The molecule has 1 aromatic carbocycles. The van der Waals surface area contributed by atoms with E-state index in [-0.39, 0.29) is 0 Å². The fraction of sp³-hybridized carbons (Fsp3) is 0.100. The molecule has 0 saturated heterocycles. The van der Waals surface area contributed by atoms with Gasteiger partial charge >= 0.3 is 0 Å². The maximum atomic E-state index is 11.0. The van der Waals surface area contributed by atoms with Gasteiger partial charge in [0.05, 0.1) is 5.69 Å². The lowest BCUT2D eigenvalue weighted by atomic mass is 10.2. The molecule has 1 aromatic heterocycles. The van der Waals surface area contributed by atoms with Crippen LogP contribution in [0.3, 0.4) is 0 Å². The van der Waals surface area contributed by atoms with Crippen molar-refractivity contribution in [1.82, 2.24) is 4.98 Å². The number of aromatic nitrogens is 1. The van der Waals surface area contributed by atoms with Crippen molar-refractivity contribution < 1.29 is 17.5 Å². The molecule has 8 heteroatoms. The van der Waals surface area contributed by atoms with Gasteiger partial charge in [-0.2, -0.15) is 4.28 Å². The van der Waals surface area contributed by atoms with Gasteiger partial charge in [0, 0.05) is 18.0 Å². The number of thiol groups is 1. The largest absolute Gasteiger partial charge is 0.364 e.